The van der Waals surface area contributed by atoms with Gasteiger partial charge >= 0.3 is 0 Å². The lowest BCUT2D eigenvalue weighted by Gasteiger charge is -2.17. The van der Waals surface area contributed by atoms with Crippen LogP contribution in [0.25, 0.3) is 0 Å². The van der Waals surface area contributed by atoms with Crippen molar-refractivity contribution in [3.05, 3.63) is 35.4 Å². The van der Waals surface area contributed by atoms with E-state index < -0.39 is 0 Å². The maximum Gasteiger partial charge on any atom is 0.144 e. The normalized spacial score (nSPS) is 22.6. The second kappa shape index (κ2) is 6.83. The van der Waals surface area contributed by atoms with Gasteiger partial charge in [-0.15, -0.1) is 0 Å². The molecule has 0 bridgehead atoms. The van der Waals surface area contributed by atoms with Crippen molar-refractivity contribution < 1.29 is 9.53 Å². The third-order valence-electron chi connectivity index (χ3n) is 3.77. The Morgan fingerprint density at radius 2 is 1.89 bits per heavy atom. The quantitative estimate of drug-likeness (QED) is 0.851. The maximum atomic E-state index is 12.3. The molecule has 1 aromatic carbocycles. The van der Waals surface area contributed by atoms with Gasteiger partial charge in [-0.25, -0.2) is 0 Å². The minimum absolute atomic E-state index is 0.00537. The van der Waals surface area contributed by atoms with Crippen LogP contribution < -0.4 is 5.32 Å². The smallest absolute Gasteiger partial charge is 0.144 e. The molecule has 19 heavy (non-hydrogen) atoms. The van der Waals surface area contributed by atoms with Crippen LogP contribution >= 0.6 is 0 Å². The van der Waals surface area contributed by atoms with E-state index in [0.29, 0.717) is 19.6 Å². The second-order valence-corrected chi connectivity index (χ2v) is 5.12. The molecule has 3 heteroatoms. The lowest BCUT2D eigenvalue weighted by molar-refractivity contribution is -0.122. The predicted molar refractivity (Wildman–Crippen MR) is 76.3 cm³/mol. The molecule has 0 aliphatic carbocycles. The summed E-state index contributed by atoms with van der Waals surface area (Å²) < 4.78 is 5.43. The topological polar surface area (TPSA) is 38.3 Å². The summed E-state index contributed by atoms with van der Waals surface area (Å²) in [5.74, 6) is 0.290. The molecule has 1 saturated heterocycles. The van der Waals surface area contributed by atoms with E-state index in [1.54, 1.807) is 0 Å². The number of nitrogens with one attached hydrogen (secondary N) is 1. The Labute approximate surface area is 115 Å². The molecule has 1 fully saturated rings. The van der Waals surface area contributed by atoms with Crippen molar-refractivity contribution in [3.63, 3.8) is 0 Å². The van der Waals surface area contributed by atoms with Gasteiger partial charge in [0.2, 0.25) is 0 Å². The monoisotopic (exact) mass is 261 g/mol. The number of rotatable bonds is 6. The highest BCUT2D eigenvalue weighted by atomic mass is 16.5. The fourth-order valence-corrected chi connectivity index (χ4v) is 2.56. The average molecular weight is 261 g/mol. The van der Waals surface area contributed by atoms with Gasteiger partial charge in [-0.3, -0.25) is 4.79 Å². The fourth-order valence-electron chi connectivity index (χ4n) is 2.56. The molecule has 0 amide bonds. The maximum absolute atomic E-state index is 12.3. The first-order valence-corrected chi connectivity index (χ1v) is 7.16. The SMILES string of the molecule is CCNC1COCC1C(=O)Cc1ccc(CC)cc1. The number of likely N-dealkylation sites (N-methyl/N-ethyl adjacent to an activating group) is 1. The molecule has 0 spiro atoms. The number of carbonyl (C=O) groups excluding carboxylic acids is 1. The van der Waals surface area contributed by atoms with Crippen molar-refractivity contribution >= 4 is 5.78 Å². The molecule has 0 aromatic heterocycles. The number of aryl methyl sites for hydroxylation is 1. The highest BCUT2D eigenvalue weighted by Crippen LogP contribution is 2.17. The average Bonchev–Trinajstić information content (AvgIpc) is 2.88. The molecule has 2 atom stereocenters. The summed E-state index contributed by atoms with van der Waals surface area (Å²) in [7, 11) is 0. The molecule has 104 valence electrons. The van der Waals surface area contributed by atoms with Crippen LogP contribution in [0.5, 0.6) is 0 Å². The minimum atomic E-state index is 0.00537. The Morgan fingerprint density at radius 3 is 2.53 bits per heavy atom. The van der Waals surface area contributed by atoms with Crippen LogP contribution in [0.2, 0.25) is 0 Å². The summed E-state index contributed by atoms with van der Waals surface area (Å²) in [6.45, 7) is 6.28. The van der Waals surface area contributed by atoms with Crippen LogP contribution in [-0.2, 0) is 22.4 Å². The Morgan fingerprint density at radius 1 is 1.21 bits per heavy atom. The van der Waals surface area contributed by atoms with Gasteiger partial charge in [0.25, 0.3) is 0 Å². The van der Waals surface area contributed by atoms with E-state index in [4.69, 9.17) is 4.74 Å². The third kappa shape index (κ3) is 3.64. The van der Waals surface area contributed by atoms with Crippen molar-refractivity contribution in [2.45, 2.75) is 32.7 Å². The zero-order valence-corrected chi connectivity index (χ0v) is 11.8. The Kier molecular flexibility index (Phi) is 5.11. The summed E-state index contributed by atoms with van der Waals surface area (Å²) in [6.07, 6.45) is 1.55. The molecule has 1 N–H and O–H groups in total. The lowest BCUT2D eigenvalue weighted by Crippen LogP contribution is -2.39. The van der Waals surface area contributed by atoms with Crippen LogP contribution in [0, 0.1) is 5.92 Å². The Bertz CT molecular complexity index is 413. The van der Waals surface area contributed by atoms with Crippen molar-refractivity contribution in [3.8, 4) is 0 Å². The third-order valence-corrected chi connectivity index (χ3v) is 3.77. The number of carbonyl (C=O) groups is 1. The highest BCUT2D eigenvalue weighted by Gasteiger charge is 2.32. The van der Waals surface area contributed by atoms with Crippen molar-refractivity contribution in [2.75, 3.05) is 19.8 Å². The van der Waals surface area contributed by atoms with Crippen LogP contribution in [0.3, 0.4) is 0 Å². The van der Waals surface area contributed by atoms with E-state index in [1.165, 1.54) is 5.56 Å². The summed E-state index contributed by atoms with van der Waals surface area (Å²) in [4.78, 5) is 12.3. The molecule has 2 rings (SSSR count). The van der Waals surface area contributed by atoms with Gasteiger partial charge in [-0.05, 0) is 24.1 Å². The molecule has 2 unspecified atom stereocenters. The first-order valence-electron chi connectivity index (χ1n) is 7.16. The number of hydrogen-bond acceptors (Lipinski definition) is 3. The van der Waals surface area contributed by atoms with E-state index in [0.717, 1.165) is 18.5 Å². The molecule has 0 radical (unpaired) electrons. The van der Waals surface area contributed by atoms with Crippen LogP contribution in [0.1, 0.15) is 25.0 Å². The van der Waals surface area contributed by atoms with Crippen LogP contribution in [0.4, 0.5) is 0 Å². The summed E-state index contributed by atoms with van der Waals surface area (Å²) in [6, 6.07) is 8.53. The van der Waals surface area contributed by atoms with Gasteiger partial charge in [-0.2, -0.15) is 0 Å². The Balaban J connectivity index is 1.95. The van der Waals surface area contributed by atoms with E-state index in [1.807, 2.05) is 0 Å². The predicted octanol–water partition coefficient (Wildman–Crippen LogP) is 1.99. The van der Waals surface area contributed by atoms with E-state index in [2.05, 4.69) is 43.4 Å². The van der Waals surface area contributed by atoms with Gasteiger partial charge in [-0.1, -0.05) is 38.1 Å². The van der Waals surface area contributed by atoms with Crippen molar-refractivity contribution in [1.29, 1.82) is 0 Å². The first-order chi connectivity index (χ1) is 9.24. The summed E-state index contributed by atoms with van der Waals surface area (Å²) in [5, 5.41) is 3.33. The van der Waals surface area contributed by atoms with E-state index in [9.17, 15) is 4.79 Å². The van der Waals surface area contributed by atoms with E-state index >= 15 is 0 Å². The Hall–Kier alpha value is -1.19. The molecule has 0 saturated carbocycles. The van der Waals surface area contributed by atoms with Gasteiger partial charge in [0.15, 0.2) is 0 Å². The van der Waals surface area contributed by atoms with E-state index in [-0.39, 0.29) is 17.7 Å². The number of hydrogen-bond donors (Lipinski definition) is 1. The molecular formula is C16H23NO2. The number of ketones is 1. The minimum Gasteiger partial charge on any atom is -0.379 e. The molecule has 1 aliphatic heterocycles. The fraction of sp³-hybridized carbons (Fsp3) is 0.562. The van der Waals surface area contributed by atoms with Crippen LogP contribution in [-0.4, -0.2) is 31.6 Å². The van der Waals surface area contributed by atoms with Crippen molar-refractivity contribution in [2.24, 2.45) is 5.92 Å². The van der Waals surface area contributed by atoms with Gasteiger partial charge in [0, 0.05) is 12.5 Å². The lowest BCUT2D eigenvalue weighted by atomic mass is 9.93. The summed E-state index contributed by atoms with van der Waals surface area (Å²) in [5.41, 5.74) is 2.41. The number of benzene rings is 1. The van der Waals surface area contributed by atoms with Crippen LogP contribution in [0.15, 0.2) is 24.3 Å². The number of Topliss-reactive ketones (excluding diaryl/α,β-unsaturated/α-hetero) is 1. The van der Waals surface area contributed by atoms with Gasteiger partial charge in [0.05, 0.1) is 19.1 Å². The van der Waals surface area contributed by atoms with Crippen molar-refractivity contribution in [1.82, 2.24) is 5.32 Å². The first kappa shape index (κ1) is 14.2. The molecular weight excluding hydrogens is 238 g/mol. The zero-order chi connectivity index (χ0) is 13.7. The number of ether oxygens (including phenoxy) is 1. The van der Waals surface area contributed by atoms with Gasteiger partial charge in [0.1, 0.15) is 5.78 Å². The molecule has 1 aliphatic rings. The standard InChI is InChI=1S/C16H23NO2/c1-3-12-5-7-13(8-6-12)9-16(18)14-10-19-11-15(14)17-4-2/h5-8,14-15,17H,3-4,9-11H2,1-2H3. The second-order valence-electron chi connectivity index (χ2n) is 5.12. The van der Waals surface area contributed by atoms with Gasteiger partial charge < -0.3 is 10.1 Å². The zero-order valence-electron chi connectivity index (χ0n) is 11.8. The molecule has 3 nitrogen and oxygen atoms in total. The molecule has 1 heterocycles. The molecule has 1 aromatic rings. The largest absolute Gasteiger partial charge is 0.379 e. The highest BCUT2D eigenvalue weighted by molar-refractivity contribution is 5.84. The summed E-state index contributed by atoms with van der Waals surface area (Å²) >= 11 is 0.